The summed E-state index contributed by atoms with van der Waals surface area (Å²) in [6, 6.07) is 10.6. The first-order chi connectivity index (χ1) is 15.0. The SMILES string of the molecule is C=CCn1c(SCC(=O)Nc2cc(OC)c(Cl)cc2OC)nnc1-c1ccccc1Cl. The second-order valence-electron chi connectivity index (χ2n) is 6.21. The summed E-state index contributed by atoms with van der Waals surface area (Å²) in [6.45, 7) is 4.26. The van der Waals surface area contributed by atoms with Gasteiger partial charge in [0.05, 0.1) is 35.7 Å². The Bertz CT molecular complexity index is 1100. The summed E-state index contributed by atoms with van der Waals surface area (Å²) in [5, 5.41) is 12.8. The first-order valence-corrected chi connectivity index (χ1v) is 10.9. The molecule has 0 spiro atoms. The lowest BCUT2D eigenvalue weighted by Crippen LogP contribution is -2.15. The number of carbonyl (C=O) groups excluding carboxylic acids is 1. The van der Waals surface area contributed by atoms with Crippen LogP contribution in [0, 0.1) is 0 Å². The number of benzene rings is 2. The standard InChI is InChI=1S/C21H20Cl2N4O3S/c1-4-9-27-20(13-7-5-6-8-14(13)22)25-26-21(27)31-12-19(28)24-16-11-17(29-2)15(23)10-18(16)30-3/h4-8,10-11H,1,9,12H2,2-3H3,(H,24,28). The van der Waals surface area contributed by atoms with Crippen molar-refractivity contribution in [2.75, 3.05) is 25.3 Å². The number of anilines is 1. The molecule has 0 fully saturated rings. The molecule has 0 aliphatic carbocycles. The van der Waals surface area contributed by atoms with Crippen LogP contribution in [0.25, 0.3) is 11.4 Å². The van der Waals surface area contributed by atoms with E-state index < -0.39 is 0 Å². The van der Waals surface area contributed by atoms with Gasteiger partial charge in [0.25, 0.3) is 0 Å². The molecule has 0 saturated carbocycles. The minimum Gasteiger partial charge on any atom is -0.495 e. The van der Waals surface area contributed by atoms with Crippen molar-refractivity contribution in [2.24, 2.45) is 0 Å². The highest BCUT2D eigenvalue weighted by molar-refractivity contribution is 7.99. The molecule has 0 unspecified atom stereocenters. The fourth-order valence-electron chi connectivity index (χ4n) is 2.81. The molecule has 1 heterocycles. The molecule has 0 bridgehead atoms. The third-order valence-corrected chi connectivity index (χ3v) is 5.82. The summed E-state index contributed by atoms with van der Waals surface area (Å²) in [5.41, 5.74) is 1.21. The van der Waals surface area contributed by atoms with Crippen molar-refractivity contribution in [3.05, 3.63) is 59.1 Å². The molecule has 1 aromatic heterocycles. The number of ether oxygens (including phenoxy) is 2. The van der Waals surface area contributed by atoms with Crippen molar-refractivity contribution in [3.63, 3.8) is 0 Å². The van der Waals surface area contributed by atoms with Crippen LogP contribution in [0.2, 0.25) is 10.0 Å². The van der Waals surface area contributed by atoms with Gasteiger partial charge in [-0.05, 0) is 12.1 Å². The largest absolute Gasteiger partial charge is 0.495 e. The molecule has 3 rings (SSSR count). The van der Waals surface area contributed by atoms with E-state index in [-0.39, 0.29) is 11.7 Å². The van der Waals surface area contributed by atoms with Crippen LogP contribution >= 0.6 is 35.0 Å². The predicted octanol–water partition coefficient (Wildman–Crippen LogP) is 5.19. The summed E-state index contributed by atoms with van der Waals surface area (Å²) in [6.07, 6.45) is 1.73. The lowest BCUT2D eigenvalue weighted by molar-refractivity contribution is -0.113. The van der Waals surface area contributed by atoms with Crippen molar-refractivity contribution in [1.29, 1.82) is 0 Å². The van der Waals surface area contributed by atoms with Gasteiger partial charge in [-0.3, -0.25) is 9.36 Å². The Morgan fingerprint density at radius 3 is 2.58 bits per heavy atom. The molecule has 0 atom stereocenters. The van der Waals surface area contributed by atoms with E-state index in [9.17, 15) is 4.79 Å². The summed E-state index contributed by atoms with van der Waals surface area (Å²) in [5.74, 6) is 1.32. The highest BCUT2D eigenvalue weighted by Gasteiger charge is 2.18. The molecule has 10 heteroatoms. The van der Waals surface area contributed by atoms with E-state index in [1.807, 2.05) is 22.8 Å². The number of allylic oxidation sites excluding steroid dienone is 1. The van der Waals surface area contributed by atoms with Crippen LogP contribution in [0.3, 0.4) is 0 Å². The number of nitrogens with zero attached hydrogens (tertiary/aromatic N) is 3. The van der Waals surface area contributed by atoms with Gasteiger partial charge in [0, 0.05) is 24.2 Å². The lowest BCUT2D eigenvalue weighted by Gasteiger charge is -2.13. The zero-order valence-corrected chi connectivity index (χ0v) is 19.2. The van der Waals surface area contributed by atoms with E-state index in [0.29, 0.717) is 44.8 Å². The summed E-state index contributed by atoms with van der Waals surface area (Å²) >= 11 is 13.7. The third kappa shape index (κ3) is 5.33. The quantitative estimate of drug-likeness (QED) is 0.336. The Morgan fingerprint density at radius 1 is 1.16 bits per heavy atom. The smallest absolute Gasteiger partial charge is 0.234 e. The number of nitrogens with one attached hydrogen (secondary N) is 1. The van der Waals surface area contributed by atoms with Gasteiger partial charge in [-0.25, -0.2) is 0 Å². The van der Waals surface area contributed by atoms with Crippen LogP contribution in [-0.2, 0) is 11.3 Å². The van der Waals surface area contributed by atoms with Gasteiger partial charge in [0.15, 0.2) is 11.0 Å². The molecule has 0 aliphatic rings. The van der Waals surface area contributed by atoms with Crippen molar-refractivity contribution >= 4 is 46.6 Å². The number of carbonyl (C=O) groups is 1. The second-order valence-corrected chi connectivity index (χ2v) is 7.97. The predicted molar refractivity (Wildman–Crippen MR) is 125 cm³/mol. The third-order valence-electron chi connectivity index (χ3n) is 4.22. The number of thioether (sulfide) groups is 1. The Labute approximate surface area is 194 Å². The Balaban J connectivity index is 1.77. The van der Waals surface area contributed by atoms with Gasteiger partial charge < -0.3 is 14.8 Å². The van der Waals surface area contributed by atoms with E-state index in [1.54, 1.807) is 24.3 Å². The minimum atomic E-state index is -0.250. The second kappa shape index (κ2) is 10.6. The minimum absolute atomic E-state index is 0.103. The van der Waals surface area contributed by atoms with E-state index in [2.05, 4.69) is 22.1 Å². The topological polar surface area (TPSA) is 78.3 Å². The summed E-state index contributed by atoms with van der Waals surface area (Å²) in [7, 11) is 2.99. The van der Waals surface area contributed by atoms with Gasteiger partial charge in [0.1, 0.15) is 11.5 Å². The molecule has 1 N–H and O–H groups in total. The van der Waals surface area contributed by atoms with E-state index in [1.165, 1.54) is 26.0 Å². The number of methoxy groups -OCH3 is 2. The summed E-state index contributed by atoms with van der Waals surface area (Å²) < 4.78 is 12.4. The normalized spacial score (nSPS) is 10.6. The van der Waals surface area contributed by atoms with Crippen LogP contribution in [-0.4, -0.2) is 40.6 Å². The van der Waals surface area contributed by atoms with Crippen molar-refractivity contribution in [2.45, 2.75) is 11.7 Å². The van der Waals surface area contributed by atoms with Crippen LogP contribution < -0.4 is 14.8 Å². The van der Waals surface area contributed by atoms with Crippen LogP contribution in [0.4, 0.5) is 5.69 Å². The average Bonchev–Trinajstić information content (AvgIpc) is 3.16. The van der Waals surface area contributed by atoms with Gasteiger partial charge in [-0.1, -0.05) is 53.2 Å². The lowest BCUT2D eigenvalue weighted by atomic mass is 10.2. The van der Waals surface area contributed by atoms with Crippen molar-refractivity contribution < 1.29 is 14.3 Å². The Hall–Kier alpha value is -2.68. The number of halogens is 2. The molecule has 31 heavy (non-hydrogen) atoms. The fraction of sp³-hybridized carbons (Fsp3) is 0.190. The zero-order chi connectivity index (χ0) is 22.4. The van der Waals surface area contributed by atoms with Crippen molar-refractivity contribution in [3.8, 4) is 22.9 Å². The molecular weight excluding hydrogens is 459 g/mol. The Kier molecular flexibility index (Phi) is 7.84. The van der Waals surface area contributed by atoms with Gasteiger partial charge in [0.2, 0.25) is 5.91 Å². The highest BCUT2D eigenvalue weighted by atomic mass is 35.5. The maximum Gasteiger partial charge on any atom is 0.234 e. The monoisotopic (exact) mass is 478 g/mol. The molecular formula is C21H20Cl2N4O3S. The average molecular weight is 479 g/mol. The Morgan fingerprint density at radius 2 is 1.90 bits per heavy atom. The zero-order valence-electron chi connectivity index (χ0n) is 16.9. The van der Waals surface area contributed by atoms with E-state index in [4.69, 9.17) is 32.7 Å². The van der Waals surface area contributed by atoms with Gasteiger partial charge >= 0.3 is 0 Å². The number of hydrogen-bond acceptors (Lipinski definition) is 6. The van der Waals surface area contributed by atoms with Gasteiger partial charge in [-0.15, -0.1) is 16.8 Å². The van der Waals surface area contributed by atoms with Crippen LogP contribution in [0.1, 0.15) is 0 Å². The molecule has 0 aliphatic heterocycles. The van der Waals surface area contributed by atoms with Crippen LogP contribution in [0.15, 0.2) is 54.2 Å². The molecule has 162 valence electrons. The van der Waals surface area contributed by atoms with Crippen molar-refractivity contribution in [1.82, 2.24) is 14.8 Å². The number of aromatic nitrogens is 3. The van der Waals surface area contributed by atoms with E-state index in [0.717, 1.165) is 5.56 Å². The summed E-state index contributed by atoms with van der Waals surface area (Å²) in [4.78, 5) is 12.6. The number of hydrogen-bond donors (Lipinski definition) is 1. The molecule has 0 saturated heterocycles. The molecule has 1 amide bonds. The maximum absolute atomic E-state index is 12.6. The number of rotatable bonds is 9. The molecule has 7 nitrogen and oxygen atoms in total. The molecule has 0 radical (unpaired) electrons. The number of amides is 1. The molecule has 3 aromatic rings. The van der Waals surface area contributed by atoms with E-state index >= 15 is 0 Å². The van der Waals surface area contributed by atoms with Gasteiger partial charge in [-0.2, -0.15) is 0 Å². The first-order valence-electron chi connectivity index (χ1n) is 9.11. The molecule has 2 aromatic carbocycles. The fourth-order valence-corrected chi connectivity index (χ4v) is 4.00. The maximum atomic E-state index is 12.6. The van der Waals surface area contributed by atoms with Crippen LogP contribution in [0.5, 0.6) is 11.5 Å². The first kappa shape index (κ1) is 23.0. The highest BCUT2D eigenvalue weighted by Crippen LogP contribution is 2.36.